The Morgan fingerprint density at radius 1 is 1.40 bits per heavy atom. The molecule has 3 aromatic rings. The number of aromatic nitrogens is 4. The minimum absolute atomic E-state index is 0.178. The molecule has 0 spiro atoms. The fourth-order valence-electron chi connectivity index (χ4n) is 1.82. The first-order valence-corrected chi connectivity index (χ1v) is 7.29. The summed E-state index contributed by atoms with van der Waals surface area (Å²) in [6, 6.07) is 6.01. The van der Waals surface area contributed by atoms with Crippen molar-refractivity contribution in [1.29, 1.82) is 0 Å². The highest BCUT2D eigenvalue weighted by Gasteiger charge is 2.08. The monoisotopic (exact) mass is 305 g/mol. The Hall–Kier alpha value is -1.92. The molecule has 3 heterocycles. The van der Waals surface area contributed by atoms with E-state index in [0.29, 0.717) is 0 Å². The van der Waals surface area contributed by atoms with Gasteiger partial charge in [-0.1, -0.05) is 11.6 Å². The second-order valence-electron chi connectivity index (χ2n) is 4.30. The minimum Gasteiger partial charge on any atom is -0.377 e. The Morgan fingerprint density at radius 2 is 2.30 bits per heavy atom. The van der Waals surface area contributed by atoms with Crippen LogP contribution < -0.4 is 5.32 Å². The van der Waals surface area contributed by atoms with Gasteiger partial charge in [-0.25, -0.2) is 14.6 Å². The van der Waals surface area contributed by atoms with Crippen molar-refractivity contribution in [3.05, 3.63) is 52.3 Å². The molecule has 0 saturated heterocycles. The number of hydrogen-bond donors (Lipinski definition) is 1. The summed E-state index contributed by atoms with van der Waals surface area (Å²) in [6.45, 7) is 2.09. The first kappa shape index (κ1) is 13.1. The van der Waals surface area contributed by atoms with Gasteiger partial charge in [0.05, 0.1) is 16.2 Å². The largest absolute Gasteiger partial charge is 0.377 e. The SMILES string of the molecule is CC(Nc1ccc(-n2cncn2)nc1)c1csc(Cl)c1. The molecule has 0 aliphatic carbocycles. The third-order valence-electron chi connectivity index (χ3n) is 2.87. The van der Waals surface area contributed by atoms with Gasteiger partial charge in [-0.2, -0.15) is 5.10 Å². The minimum atomic E-state index is 0.178. The average molecular weight is 306 g/mol. The van der Waals surface area contributed by atoms with Gasteiger partial charge in [-0.3, -0.25) is 0 Å². The number of anilines is 1. The van der Waals surface area contributed by atoms with Gasteiger partial charge < -0.3 is 5.32 Å². The number of thiophene rings is 1. The molecule has 20 heavy (non-hydrogen) atoms. The van der Waals surface area contributed by atoms with Gasteiger partial charge in [0.25, 0.3) is 0 Å². The number of nitrogens with one attached hydrogen (secondary N) is 1. The molecular formula is C13H12ClN5S. The van der Waals surface area contributed by atoms with E-state index in [0.717, 1.165) is 15.8 Å². The number of nitrogens with zero attached hydrogens (tertiary/aromatic N) is 4. The quantitative estimate of drug-likeness (QED) is 0.801. The maximum Gasteiger partial charge on any atom is 0.155 e. The maximum absolute atomic E-state index is 5.95. The molecule has 5 nitrogen and oxygen atoms in total. The van der Waals surface area contributed by atoms with Gasteiger partial charge in [-0.15, -0.1) is 11.3 Å². The highest BCUT2D eigenvalue weighted by molar-refractivity contribution is 7.14. The lowest BCUT2D eigenvalue weighted by molar-refractivity contribution is 0.841. The van der Waals surface area contributed by atoms with E-state index in [2.05, 4.69) is 32.7 Å². The first-order valence-electron chi connectivity index (χ1n) is 6.04. The Morgan fingerprint density at radius 3 is 2.90 bits per heavy atom. The summed E-state index contributed by atoms with van der Waals surface area (Å²) in [4.78, 5) is 8.24. The van der Waals surface area contributed by atoms with Crippen LogP contribution >= 0.6 is 22.9 Å². The Kier molecular flexibility index (Phi) is 3.66. The van der Waals surface area contributed by atoms with Crippen LogP contribution in [-0.2, 0) is 0 Å². The summed E-state index contributed by atoms with van der Waals surface area (Å²) < 4.78 is 2.42. The zero-order chi connectivity index (χ0) is 13.9. The molecule has 1 N–H and O–H groups in total. The Labute approximate surface area is 125 Å². The predicted molar refractivity (Wildman–Crippen MR) is 80.5 cm³/mol. The molecule has 1 atom stereocenters. The number of hydrogen-bond acceptors (Lipinski definition) is 5. The van der Waals surface area contributed by atoms with Crippen molar-refractivity contribution in [2.24, 2.45) is 0 Å². The van der Waals surface area contributed by atoms with E-state index in [9.17, 15) is 0 Å². The van der Waals surface area contributed by atoms with Crippen LogP contribution in [0, 0.1) is 0 Å². The zero-order valence-corrected chi connectivity index (χ0v) is 12.3. The van der Waals surface area contributed by atoms with E-state index in [1.165, 1.54) is 23.2 Å². The lowest BCUT2D eigenvalue weighted by Gasteiger charge is -2.13. The van der Waals surface area contributed by atoms with E-state index in [1.54, 1.807) is 17.2 Å². The molecule has 3 rings (SSSR count). The maximum atomic E-state index is 5.95. The summed E-state index contributed by atoms with van der Waals surface area (Å²) in [6.07, 6.45) is 4.88. The fourth-order valence-corrected chi connectivity index (χ4v) is 2.80. The molecule has 0 amide bonds. The van der Waals surface area contributed by atoms with Crippen LogP contribution in [0.2, 0.25) is 4.34 Å². The number of rotatable bonds is 4. The van der Waals surface area contributed by atoms with Crippen molar-refractivity contribution in [1.82, 2.24) is 19.7 Å². The van der Waals surface area contributed by atoms with Crippen LogP contribution in [0.25, 0.3) is 5.82 Å². The normalized spacial score (nSPS) is 12.3. The van der Waals surface area contributed by atoms with Gasteiger partial charge in [0.1, 0.15) is 12.7 Å². The van der Waals surface area contributed by atoms with E-state index < -0.39 is 0 Å². The second-order valence-corrected chi connectivity index (χ2v) is 5.84. The number of pyridine rings is 1. The number of halogens is 1. The third-order valence-corrected chi connectivity index (χ3v) is 3.98. The molecule has 0 aliphatic rings. The topological polar surface area (TPSA) is 55.6 Å². The summed E-state index contributed by atoms with van der Waals surface area (Å²) in [5, 5.41) is 9.47. The lowest BCUT2D eigenvalue weighted by Crippen LogP contribution is -2.06. The van der Waals surface area contributed by atoms with Crippen molar-refractivity contribution >= 4 is 28.6 Å². The highest BCUT2D eigenvalue weighted by Crippen LogP contribution is 2.26. The third kappa shape index (κ3) is 2.81. The summed E-state index contributed by atoms with van der Waals surface area (Å²) in [5.74, 6) is 0.735. The molecule has 0 fully saturated rings. The fraction of sp³-hybridized carbons (Fsp3) is 0.154. The van der Waals surface area contributed by atoms with Crippen molar-refractivity contribution < 1.29 is 0 Å². The second kappa shape index (κ2) is 5.60. The summed E-state index contributed by atoms with van der Waals surface area (Å²) in [5.41, 5.74) is 2.11. The molecule has 0 radical (unpaired) electrons. The first-order chi connectivity index (χ1) is 9.72. The van der Waals surface area contributed by atoms with Gasteiger partial charge in [0.2, 0.25) is 0 Å². The van der Waals surface area contributed by atoms with Crippen molar-refractivity contribution in [2.75, 3.05) is 5.32 Å². The van der Waals surface area contributed by atoms with Crippen LogP contribution in [0.5, 0.6) is 0 Å². The van der Waals surface area contributed by atoms with Crippen molar-refractivity contribution in [2.45, 2.75) is 13.0 Å². The van der Waals surface area contributed by atoms with Gasteiger partial charge in [-0.05, 0) is 36.1 Å². The molecule has 3 aromatic heterocycles. The smallest absolute Gasteiger partial charge is 0.155 e. The molecule has 1 unspecified atom stereocenters. The zero-order valence-electron chi connectivity index (χ0n) is 10.7. The van der Waals surface area contributed by atoms with Gasteiger partial charge in [0, 0.05) is 6.04 Å². The Balaban J connectivity index is 1.72. The van der Waals surface area contributed by atoms with Gasteiger partial charge >= 0.3 is 0 Å². The van der Waals surface area contributed by atoms with E-state index in [-0.39, 0.29) is 6.04 Å². The van der Waals surface area contributed by atoms with Crippen LogP contribution in [0.4, 0.5) is 5.69 Å². The molecule has 0 saturated carbocycles. The molecule has 7 heteroatoms. The van der Waals surface area contributed by atoms with E-state index in [4.69, 9.17) is 11.6 Å². The molecular weight excluding hydrogens is 294 g/mol. The molecule has 102 valence electrons. The predicted octanol–water partition coefficient (Wildman–Crippen LogP) is 3.55. The highest BCUT2D eigenvalue weighted by atomic mass is 35.5. The van der Waals surface area contributed by atoms with Crippen LogP contribution in [0.3, 0.4) is 0 Å². The van der Waals surface area contributed by atoms with Crippen LogP contribution in [-0.4, -0.2) is 19.7 Å². The summed E-state index contributed by atoms with van der Waals surface area (Å²) >= 11 is 7.48. The molecule has 0 aliphatic heterocycles. The van der Waals surface area contributed by atoms with Gasteiger partial charge in [0.15, 0.2) is 5.82 Å². The standard InChI is InChI=1S/C13H12ClN5S/c1-9(10-4-12(14)20-6-10)18-11-2-3-13(16-5-11)19-8-15-7-17-19/h2-9,18H,1H3. The average Bonchev–Trinajstić information content (AvgIpc) is 3.10. The van der Waals surface area contributed by atoms with E-state index in [1.807, 2.05) is 18.2 Å². The van der Waals surface area contributed by atoms with Crippen molar-refractivity contribution in [3.63, 3.8) is 0 Å². The van der Waals surface area contributed by atoms with Crippen molar-refractivity contribution in [3.8, 4) is 5.82 Å². The summed E-state index contributed by atoms with van der Waals surface area (Å²) in [7, 11) is 0. The molecule has 0 aromatic carbocycles. The van der Waals surface area contributed by atoms with E-state index >= 15 is 0 Å². The Bertz CT molecular complexity index is 677. The molecule has 0 bridgehead atoms. The lowest BCUT2D eigenvalue weighted by atomic mass is 10.2. The van der Waals surface area contributed by atoms with Crippen LogP contribution in [0.15, 0.2) is 42.4 Å². The van der Waals surface area contributed by atoms with Crippen LogP contribution in [0.1, 0.15) is 18.5 Å².